The number of hydrogen-bond acceptors (Lipinski definition) is 2. The molecule has 0 aromatic rings. The minimum Gasteiger partial charge on any atom is -0.463 e. The number of rotatable bonds is 7. The molecule has 79 valence electrons. The van der Waals surface area contributed by atoms with E-state index in [-0.39, 0.29) is 11.0 Å². The highest BCUT2D eigenvalue weighted by Crippen LogP contribution is 2.35. The van der Waals surface area contributed by atoms with Crippen molar-refractivity contribution in [3.05, 3.63) is 12.7 Å². The van der Waals surface area contributed by atoms with Gasteiger partial charge in [0.25, 0.3) is 0 Å². The second-order valence-electron chi connectivity index (χ2n) is 3.46. The third kappa shape index (κ3) is 5.22. The first kappa shape index (κ1) is 13.4. The van der Waals surface area contributed by atoms with Crippen molar-refractivity contribution in [2.75, 3.05) is 6.61 Å². The SMILES string of the molecule is C=CC(=O)OCCCC([Si])(CC)CC. The molecule has 0 aliphatic rings. The molecule has 0 aliphatic carbocycles. The van der Waals surface area contributed by atoms with E-state index < -0.39 is 0 Å². The van der Waals surface area contributed by atoms with Crippen LogP contribution in [-0.2, 0) is 9.53 Å². The first-order chi connectivity index (χ1) is 6.58. The molecule has 3 heteroatoms. The summed E-state index contributed by atoms with van der Waals surface area (Å²) in [5, 5.41) is 0.209. The summed E-state index contributed by atoms with van der Waals surface area (Å²) in [5.74, 6) is -0.336. The van der Waals surface area contributed by atoms with Crippen molar-refractivity contribution in [1.82, 2.24) is 0 Å². The molecule has 0 rings (SSSR count). The van der Waals surface area contributed by atoms with Gasteiger partial charge in [0.05, 0.1) is 6.61 Å². The maximum atomic E-state index is 10.7. The molecular weight excluding hydrogens is 192 g/mol. The monoisotopic (exact) mass is 211 g/mol. The van der Waals surface area contributed by atoms with Crippen molar-refractivity contribution < 1.29 is 9.53 Å². The maximum absolute atomic E-state index is 10.7. The molecule has 0 amide bonds. The molecule has 0 bridgehead atoms. The van der Waals surface area contributed by atoms with Gasteiger partial charge < -0.3 is 4.74 Å². The summed E-state index contributed by atoms with van der Waals surface area (Å²) in [4.78, 5) is 10.7. The Bertz CT molecular complexity index is 186. The summed E-state index contributed by atoms with van der Waals surface area (Å²) in [5.41, 5.74) is 0. The van der Waals surface area contributed by atoms with E-state index in [1.807, 2.05) is 0 Å². The van der Waals surface area contributed by atoms with Crippen molar-refractivity contribution >= 4 is 16.2 Å². The minimum absolute atomic E-state index is 0.209. The van der Waals surface area contributed by atoms with Gasteiger partial charge in [-0.1, -0.05) is 33.3 Å². The maximum Gasteiger partial charge on any atom is 0.330 e. The molecule has 0 aromatic carbocycles. The number of hydrogen-bond donors (Lipinski definition) is 0. The fourth-order valence-corrected chi connectivity index (χ4v) is 1.42. The van der Waals surface area contributed by atoms with Crippen LogP contribution in [0.1, 0.15) is 39.5 Å². The van der Waals surface area contributed by atoms with E-state index in [9.17, 15) is 4.79 Å². The molecule has 0 aromatic heterocycles. The molecule has 2 nitrogen and oxygen atoms in total. The molecule has 0 N–H and O–H groups in total. The highest BCUT2D eigenvalue weighted by molar-refractivity contribution is 6.15. The summed E-state index contributed by atoms with van der Waals surface area (Å²) >= 11 is 0. The van der Waals surface area contributed by atoms with Crippen molar-refractivity contribution in [3.8, 4) is 0 Å². The number of esters is 1. The second-order valence-corrected chi connectivity index (χ2v) is 4.52. The van der Waals surface area contributed by atoms with Crippen LogP contribution < -0.4 is 0 Å². The van der Waals surface area contributed by atoms with Gasteiger partial charge >= 0.3 is 5.97 Å². The predicted molar refractivity (Wildman–Crippen MR) is 59.4 cm³/mol. The Labute approximate surface area is 90.1 Å². The lowest BCUT2D eigenvalue weighted by Crippen LogP contribution is -2.12. The fourth-order valence-electron chi connectivity index (χ4n) is 1.25. The first-order valence-electron chi connectivity index (χ1n) is 5.12. The van der Waals surface area contributed by atoms with Crippen molar-refractivity contribution in [2.45, 2.75) is 44.6 Å². The Kier molecular flexibility index (Phi) is 6.54. The van der Waals surface area contributed by atoms with Gasteiger partial charge in [-0.15, -0.1) is 0 Å². The molecule has 0 heterocycles. The standard InChI is InChI=1S/C11H19O2Si/c1-4-10(12)13-9-7-8-11(14,5-2)6-3/h4H,1,5-9H2,2-3H3. The van der Waals surface area contributed by atoms with Crippen LogP contribution in [0, 0.1) is 0 Å². The van der Waals surface area contributed by atoms with Gasteiger partial charge in [0.1, 0.15) is 0 Å². The highest BCUT2D eigenvalue weighted by atomic mass is 28.1. The normalized spacial score (nSPS) is 11.1. The van der Waals surface area contributed by atoms with Crippen LogP contribution in [0.3, 0.4) is 0 Å². The van der Waals surface area contributed by atoms with E-state index in [0.717, 1.165) is 25.7 Å². The van der Waals surface area contributed by atoms with E-state index in [4.69, 9.17) is 4.74 Å². The van der Waals surface area contributed by atoms with Gasteiger partial charge in [-0.2, -0.15) is 0 Å². The Morgan fingerprint density at radius 3 is 2.50 bits per heavy atom. The molecule has 0 aliphatic heterocycles. The van der Waals surface area contributed by atoms with Gasteiger partial charge in [-0.3, -0.25) is 0 Å². The zero-order chi connectivity index (χ0) is 11.0. The largest absolute Gasteiger partial charge is 0.463 e. The van der Waals surface area contributed by atoms with Gasteiger partial charge in [-0.25, -0.2) is 4.79 Å². The Balaban J connectivity index is 3.62. The lowest BCUT2D eigenvalue weighted by molar-refractivity contribution is -0.137. The third-order valence-electron chi connectivity index (χ3n) is 2.56. The number of carbonyl (C=O) groups is 1. The van der Waals surface area contributed by atoms with Crippen LogP contribution in [0.5, 0.6) is 0 Å². The Morgan fingerprint density at radius 2 is 2.07 bits per heavy atom. The van der Waals surface area contributed by atoms with E-state index >= 15 is 0 Å². The smallest absolute Gasteiger partial charge is 0.330 e. The zero-order valence-electron chi connectivity index (χ0n) is 9.14. The summed E-state index contributed by atoms with van der Waals surface area (Å²) < 4.78 is 4.90. The lowest BCUT2D eigenvalue weighted by Gasteiger charge is -2.26. The van der Waals surface area contributed by atoms with E-state index in [1.165, 1.54) is 6.08 Å². The number of carbonyl (C=O) groups excluding carboxylic acids is 1. The van der Waals surface area contributed by atoms with Crippen LogP contribution in [0.4, 0.5) is 0 Å². The second kappa shape index (κ2) is 6.82. The molecule has 0 fully saturated rings. The summed E-state index contributed by atoms with van der Waals surface area (Å²) in [6, 6.07) is 0. The average Bonchev–Trinajstić information content (AvgIpc) is 2.23. The van der Waals surface area contributed by atoms with Crippen LogP contribution in [0.25, 0.3) is 0 Å². The van der Waals surface area contributed by atoms with E-state index in [2.05, 4.69) is 30.7 Å². The third-order valence-corrected chi connectivity index (χ3v) is 3.52. The van der Waals surface area contributed by atoms with E-state index in [0.29, 0.717) is 6.61 Å². The topological polar surface area (TPSA) is 26.3 Å². The Morgan fingerprint density at radius 1 is 1.50 bits per heavy atom. The molecule has 3 radical (unpaired) electrons. The van der Waals surface area contributed by atoms with Gasteiger partial charge in [-0.05, 0) is 17.9 Å². The molecule has 0 unspecified atom stereocenters. The fraction of sp³-hybridized carbons (Fsp3) is 0.727. The molecule has 14 heavy (non-hydrogen) atoms. The van der Waals surface area contributed by atoms with Crippen LogP contribution >= 0.6 is 0 Å². The number of ether oxygens (including phenoxy) is 1. The van der Waals surface area contributed by atoms with E-state index in [1.54, 1.807) is 0 Å². The van der Waals surface area contributed by atoms with Gasteiger partial charge in [0, 0.05) is 16.3 Å². The molecular formula is C11H19O2Si. The molecule has 0 spiro atoms. The average molecular weight is 211 g/mol. The highest BCUT2D eigenvalue weighted by Gasteiger charge is 2.18. The van der Waals surface area contributed by atoms with Gasteiger partial charge in [0.2, 0.25) is 0 Å². The predicted octanol–water partition coefficient (Wildman–Crippen LogP) is 2.64. The van der Waals surface area contributed by atoms with Crippen molar-refractivity contribution in [3.63, 3.8) is 0 Å². The first-order valence-corrected chi connectivity index (χ1v) is 5.62. The quantitative estimate of drug-likeness (QED) is 0.280. The van der Waals surface area contributed by atoms with Crippen molar-refractivity contribution in [2.24, 2.45) is 0 Å². The molecule has 0 saturated heterocycles. The van der Waals surface area contributed by atoms with Crippen LogP contribution in [0.2, 0.25) is 5.04 Å². The van der Waals surface area contributed by atoms with Gasteiger partial charge in [0.15, 0.2) is 0 Å². The van der Waals surface area contributed by atoms with Crippen molar-refractivity contribution in [1.29, 1.82) is 0 Å². The minimum atomic E-state index is -0.336. The van der Waals surface area contributed by atoms with Crippen LogP contribution in [0.15, 0.2) is 12.7 Å². The molecule has 0 atom stereocenters. The summed E-state index contributed by atoms with van der Waals surface area (Å²) in [7, 11) is 3.76. The molecule has 0 saturated carbocycles. The zero-order valence-corrected chi connectivity index (χ0v) is 10.1. The summed E-state index contributed by atoms with van der Waals surface area (Å²) in [6.45, 7) is 8.14. The Hall–Kier alpha value is -0.573. The van der Waals surface area contributed by atoms with Crippen LogP contribution in [-0.4, -0.2) is 22.8 Å². The lowest BCUT2D eigenvalue weighted by atomic mass is 9.96. The summed E-state index contributed by atoms with van der Waals surface area (Å²) in [6.07, 6.45) is 5.30.